The molecule has 2 N–H and O–H groups in total. The first-order chi connectivity index (χ1) is 12.0. The van der Waals surface area contributed by atoms with Crippen molar-refractivity contribution in [3.63, 3.8) is 0 Å². The van der Waals surface area contributed by atoms with E-state index >= 15 is 0 Å². The van der Waals surface area contributed by atoms with Crippen LogP contribution in [0.25, 0.3) is 0 Å². The molecule has 0 aliphatic rings. The van der Waals surface area contributed by atoms with Gasteiger partial charge in [-0.1, -0.05) is 32.1 Å². The number of imidazole rings is 1. The summed E-state index contributed by atoms with van der Waals surface area (Å²) in [5.74, 6) is 1.39. The number of aliphatic hydroxyl groups is 1. The average Bonchev–Trinajstić information content (AvgIpc) is 3.03. The first kappa shape index (κ1) is 18.7. The fourth-order valence-corrected chi connectivity index (χ4v) is 2.65. The molecule has 2 amide bonds. The molecule has 2 rings (SSSR count). The van der Waals surface area contributed by atoms with Gasteiger partial charge in [-0.3, -0.25) is 0 Å². The third kappa shape index (κ3) is 5.19. The lowest BCUT2D eigenvalue weighted by Crippen LogP contribution is -2.37. The Morgan fingerprint density at radius 1 is 1.48 bits per heavy atom. The number of hydrogen-bond donors (Lipinski definition) is 2. The molecule has 0 aliphatic carbocycles. The van der Waals surface area contributed by atoms with Crippen molar-refractivity contribution in [3.05, 3.63) is 60.7 Å². The highest BCUT2D eigenvalue weighted by atomic mass is 16.3. The fraction of sp³-hybridized carbons (Fsp3) is 0.368. The molecule has 2 aromatic rings. The second kappa shape index (κ2) is 9.03. The normalized spacial score (nSPS) is 10.7. The van der Waals surface area contributed by atoms with Gasteiger partial charge < -0.3 is 19.9 Å². The highest BCUT2D eigenvalue weighted by Gasteiger charge is 2.12. The number of anilines is 1. The molecule has 0 atom stereocenters. The maximum atomic E-state index is 12.3. The lowest BCUT2D eigenvalue weighted by molar-refractivity contribution is 0.195. The Bertz CT molecular complexity index is 709. The number of carbonyl (C=O) groups excluding carboxylic acids is 1. The molecule has 1 heterocycles. The van der Waals surface area contributed by atoms with Crippen LogP contribution in [0.5, 0.6) is 0 Å². The van der Waals surface area contributed by atoms with Crippen LogP contribution in [-0.2, 0) is 6.54 Å². The molecule has 25 heavy (non-hydrogen) atoms. The van der Waals surface area contributed by atoms with E-state index < -0.39 is 0 Å². The van der Waals surface area contributed by atoms with Crippen molar-refractivity contribution in [1.82, 2.24) is 14.5 Å². The monoisotopic (exact) mass is 342 g/mol. The highest BCUT2D eigenvalue weighted by Crippen LogP contribution is 2.16. The minimum absolute atomic E-state index is 0.0834. The van der Waals surface area contributed by atoms with Crippen molar-refractivity contribution in [3.8, 4) is 0 Å². The number of nitrogens with one attached hydrogen (secondary N) is 1. The van der Waals surface area contributed by atoms with Gasteiger partial charge in [0.25, 0.3) is 0 Å². The quantitative estimate of drug-likeness (QED) is 0.724. The van der Waals surface area contributed by atoms with Crippen molar-refractivity contribution >= 4 is 11.7 Å². The van der Waals surface area contributed by atoms with Gasteiger partial charge in [-0.25, -0.2) is 9.78 Å². The van der Waals surface area contributed by atoms with Crippen molar-refractivity contribution < 1.29 is 9.90 Å². The van der Waals surface area contributed by atoms with Gasteiger partial charge in [0, 0.05) is 43.6 Å². The summed E-state index contributed by atoms with van der Waals surface area (Å²) in [6.07, 6.45) is 5.41. The lowest BCUT2D eigenvalue weighted by atomic mass is 10.1. The average molecular weight is 342 g/mol. The molecule has 0 fully saturated rings. The van der Waals surface area contributed by atoms with Crippen LogP contribution >= 0.6 is 0 Å². The molecule has 0 radical (unpaired) electrons. The summed E-state index contributed by atoms with van der Waals surface area (Å²) in [7, 11) is 0. The third-order valence-corrected chi connectivity index (χ3v) is 3.80. The summed E-state index contributed by atoms with van der Waals surface area (Å²) in [6.45, 7) is 9.14. The van der Waals surface area contributed by atoms with E-state index in [-0.39, 0.29) is 19.2 Å². The number of aromatic nitrogens is 2. The van der Waals surface area contributed by atoms with Crippen LogP contribution in [0.2, 0.25) is 0 Å². The van der Waals surface area contributed by atoms with Gasteiger partial charge in [0.15, 0.2) is 0 Å². The molecule has 1 aromatic heterocycles. The van der Waals surface area contributed by atoms with Crippen LogP contribution in [0.15, 0.2) is 49.3 Å². The highest BCUT2D eigenvalue weighted by molar-refractivity contribution is 5.89. The predicted molar refractivity (Wildman–Crippen MR) is 99.7 cm³/mol. The van der Waals surface area contributed by atoms with E-state index in [2.05, 4.69) is 35.3 Å². The fourth-order valence-electron chi connectivity index (χ4n) is 2.65. The van der Waals surface area contributed by atoms with Gasteiger partial charge >= 0.3 is 6.03 Å². The van der Waals surface area contributed by atoms with E-state index in [0.717, 1.165) is 17.1 Å². The summed E-state index contributed by atoms with van der Waals surface area (Å²) in [4.78, 5) is 18.2. The van der Waals surface area contributed by atoms with E-state index in [1.807, 2.05) is 36.7 Å². The number of amides is 2. The molecule has 0 unspecified atom stereocenters. The standard InChI is InChI=1S/C19H26N4O2/c1-4-9-22(11-12-24)19(25)21-17-7-5-6-16(13-17)14-23-10-8-20-18(23)15(2)3/h4-8,10,13,15,24H,1,9,11-12,14H2,2-3H3,(H,21,25). The number of hydrogen-bond acceptors (Lipinski definition) is 3. The zero-order valence-electron chi connectivity index (χ0n) is 14.9. The van der Waals surface area contributed by atoms with Gasteiger partial charge in [0.1, 0.15) is 5.82 Å². The molecule has 0 saturated heterocycles. The first-order valence-electron chi connectivity index (χ1n) is 8.42. The molecule has 6 heteroatoms. The number of urea groups is 1. The molecule has 0 bridgehead atoms. The van der Waals surface area contributed by atoms with Crippen LogP contribution in [-0.4, -0.2) is 45.3 Å². The molecule has 0 saturated carbocycles. The molecular weight excluding hydrogens is 316 g/mol. The van der Waals surface area contributed by atoms with Crippen molar-refractivity contribution in [2.75, 3.05) is 25.0 Å². The van der Waals surface area contributed by atoms with Crippen LogP contribution in [0.4, 0.5) is 10.5 Å². The van der Waals surface area contributed by atoms with E-state index in [9.17, 15) is 4.79 Å². The Balaban J connectivity index is 2.09. The summed E-state index contributed by atoms with van der Waals surface area (Å²) in [5.41, 5.74) is 1.80. The number of rotatable bonds is 8. The molecule has 134 valence electrons. The van der Waals surface area contributed by atoms with E-state index in [4.69, 9.17) is 5.11 Å². The SMILES string of the molecule is C=CCN(CCO)C(=O)Nc1cccc(Cn2ccnc2C(C)C)c1. The number of aliphatic hydroxyl groups excluding tert-OH is 1. The second-order valence-corrected chi connectivity index (χ2v) is 6.16. The topological polar surface area (TPSA) is 70.4 Å². The Morgan fingerprint density at radius 2 is 2.28 bits per heavy atom. The third-order valence-electron chi connectivity index (χ3n) is 3.80. The van der Waals surface area contributed by atoms with Crippen molar-refractivity contribution in [2.45, 2.75) is 26.3 Å². The molecule has 1 aromatic carbocycles. The van der Waals surface area contributed by atoms with Crippen LogP contribution in [0.3, 0.4) is 0 Å². The van der Waals surface area contributed by atoms with Gasteiger partial charge in [0.2, 0.25) is 0 Å². The maximum absolute atomic E-state index is 12.3. The summed E-state index contributed by atoms with van der Waals surface area (Å²) < 4.78 is 2.11. The number of carbonyl (C=O) groups is 1. The number of benzene rings is 1. The lowest BCUT2D eigenvalue weighted by Gasteiger charge is -2.20. The van der Waals surface area contributed by atoms with E-state index in [1.165, 1.54) is 4.90 Å². The van der Waals surface area contributed by atoms with Gasteiger partial charge in [0.05, 0.1) is 6.61 Å². The molecule has 6 nitrogen and oxygen atoms in total. The Morgan fingerprint density at radius 3 is 2.96 bits per heavy atom. The Labute approximate surface area is 148 Å². The minimum atomic E-state index is -0.253. The van der Waals surface area contributed by atoms with Crippen molar-refractivity contribution in [1.29, 1.82) is 0 Å². The smallest absolute Gasteiger partial charge is 0.322 e. The Kier molecular flexibility index (Phi) is 6.77. The van der Waals surface area contributed by atoms with Crippen molar-refractivity contribution in [2.24, 2.45) is 0 Å². The van der Waals surface area contributed by atoms with Gasteiger partial charge in [-0.15, -0.1) is 6.58 Å². The van der Waals surface area contributed by atoms with Crippen LogP contribution in [0, 0.1) is 0 Å². The number of nitrogens with zero attached hydrogens (tertiary/aromatic N) is 3. The zero-order valence-corrected chi connectivity index (χ0v) is 14.9. The summed E-state index contributed by atoms with van der Waals surface area (Å²) >= 11 is 0. The molecule has 0 spiro atoms. The Hall–Kier alpha value is -2.60. The predicted octanol–water partition coefficient (Wildman–Crippen LogP) is 3.07. The zero-order chi connectivity index (χ0) is 18.2. The van der Waals surface area contributed by atoms with Crippen LogP contribution < -0.4 is 5.32 Å². The largest absolute Gasteiger partial charge is 0.395 e. The van der Waals surface area contributed by atoms with Gasteiger partial charge in [-0.2, -0.15) is 0 Å². The summed E-state index contributed by atoms with van der Waals surface area (Å²) in [5, 5.41) is 11.9. The molecular formula is C19H26N4O2. The second-order valence-electron chi connectivity index (χ2n) is 6.16. The maximum Gasteiger partial charge on any atom is 0.322 e. The minimum Gasteiger partial charge on any atom is -0.395 e. The van der Waals surface area contributed by atoms with Gasteiger partial charge in [-0.05, 0) is 17.7 Å². The van der Waals surface area contributed by atoms with E-state index in [0.29, 0.717) is 19.0 Å². The van der Waals surface area contributed by atoms with E-state index in [1.54, 1.807) is 6.08 Å². The first-order valence-corrected chi connectivity index (χ1v) is 8.42. The summed E-state index contributed by atoms with van der Waals surface area (Å²) in [6, 6.07) is 7.49. The van der Waals surface area contributed by atoms with Crippen LogP contribution in [0.1, 0.15) is 31.2 Å². The molecule has 0 aliphatic heterocycles.